The maximum absolute atomic E-state index is 13.0. The third-order valence-corrected chi connectivity index (χ3v) is 6.10. The third kappa shape index (κ3) is 3.36. The van der Waals surface area contributed by atoms with Crippen LogP contribution in [-0.4, -0.2) is 29.5 Å². The summed E-state index contributed by atoms with van der Waals surface area (Å²) in [4.78, 5) is 36.5. The van der Waals surface area contributed by atoms with Gasteiger partial charge in [0.1, 0.15) is 5.69 Å². The Bertz CT molecular complexity index is 1700. The van der Waals surface area contributed by atoms with Crippen molar-refractivity contribution in [3.05, 3.63) is 92.6 Å². The summed E-state index contributed by atoms with van der Waals surface area (Å²) in [5, 5.41) is 5.08. The van der Waals surface area contributed by atoms with Gasteiger partial charge in [0, 0.05) is 29.5 Å². The van der Waals surface area contributed by atoms with Gasteiger partial charge in [-0.1, -0.05) is 12.1 Å². The number of imidazole rings is 1. The van der Waals surface area contributed by atoms with Crippen LogP contribution >= 0.6 is 0 Å². The molecule has 0 spiro atoms. The second kappa shape index (κ2) is 7.11. The molecule has 11 heteroatoms. The monoisotopic (exact) mass is 464 g/mol. The van der Waals surface area contributed by atoms with E-state index in [0.717, 1.165) is 23.6 Å². The SMILES string of the molecule is O=c1[nH]cc(-c2cc(C3C[C@@H]3c3ccc4nc(C(F)(F)F)ccc4c3)c3nccn3n2)c(=O)[nH]1. The van der Waals surface area contributed by atoms with E-state index in [4.69, 9.17) is 0 Å². The lowest BCUT2D eigenvalue weighted by Crippen LogP contribution is -2.23. The van der Waals surface area contributed by atoms with Crippen LogP contribution < -0.4 is 11.2 Å². The zero-order chi connectivity index (χ0) is 23.6. The quantitative estimate of drug-likeness (QED) is 0.424. The minimum atomic E-state index is -4.49. The molecule has 5 aromatic rings. The number of nitrogens with zero attached hydrogens (tertiary/aromatic N) is 4. The Morgan fingerprint density at radius 3 is 2.71 bits per heavy atom. The van der Waals surface area contributed by atoms with E-state index in [1.807, 2.05) is 6.07 Å². The first-order valence-electron chi connectivity index (χ1n) is 10.4. The van der Waals surface area contributed by atoms with Crippen LogP contribution in [0.5, 0.6) is 0 Å². The van der Waals surface area contributed by atoms with Crippen molar-refractivity contribution in [3.63, 3.8) is 0 Å². The van der Waals surface area contributed by atoms with Crippen molar-refractivity contribution < 1.29 is 13.2 Å². The van der Waals surface area contributed by atoms with Crippen LogP contribution in [0.3, 0.4) is 0 Å². The van der Waals surface area contributed by atoms with Crippen molar-refractivity contribution >= 4 is 16.6 Å². The molecule has 2 atom stereocenters. The average molecular weight is 464 g/mol. The van der Waals surface area contributed by atoms with E-state index in [1.54, 1.807) is 35.1 Å². The largest absolute Gasteiger partial charge is 0.433 e. The standard InChI is InChI=1S/C23H15F3N6O2/c24-23(25,26)19-4-2-12-7-11(1-3-17(12)29-19)13-8-14(13)15-9-18(31-32-6-5-27-20(15)32)16-10-28-22(34)30-21(16)33/h1-7,9-10,13-14H,8H2,(H2,28,30,33,34)/t13-,14?/m1/s1. The predicted molar refractivity (Wildman–Crippen MR) is 117 cm³/mol. The molecule has 1 unspecified atom stereocenters. The number of hydrogen-bond donors (Lipinski definition) is 2. The Labute approximate surface area is 188 Å². The average Bonchev–Trinajstić information content (AvgIpc) is 3.45. The fourth-order valence-corrected chi connectivity index (χ4v) is 4.39. The zero-order valence-corrected chi connectivity index (χ0v) is 17.3. The van der Waals surface area contributed by atoms with Gasteiger partial charge < -0.3 is 4.98 Å². The maximum atomic E-state index is 13.0. The predicted octanol–water partition coefficient (Wildman–Crippen LogP) is 3.61. The van der Waals surface area contributed by atoms with E-state index in [0.29, 0.717) is 16.7 Å². The first-order chi connectivity index (χ1) is 16.3. The van der Waals surface area contributed by atoms with Crippen LogP contribution in [0, 0.1) is 0 Å². The molecule has 8 nitrogen and oxygen atoms in total. The third-order valence-electron chi connectivity index (χ3n) is 6.10. The van der Waals surface area contributed by atoms with Crippen molar-refractivity contribution in [3.8, 4) is 11.3 Å². The molecule has 6 rings (SSSR count). The van der Waals surface area contributed by atoms with E-state index in [2.05, 4.69) is 25.0 Å². The molecule has 1 aliphatic carbocycles. The number of H-pyrrole nitrogens is 2. The summed E-state index contributed by atoms with van der Waals surface area (Å²) in [6.07, 6.45) is 0.944. The summed E-state index contributed by atoms with van der Waals surface area (Å²) in [5.41, 5.74) is 1.39. The molecule has 4 heterocycles. The molecule has 2 N–H and O–H groups in total. The topological polar surface area (TPSA) is 109 Å². The summed E-state index contributed by atoms with van der Waals surface area (Å²) >= 11 is 0. The number of fused-ring (bicyclic) bond motifs is 2. The van der Waals surface area contributed by atoms with Gasteiger partial charge in [-0.05, 0) is 48.1 Å². The minimum absolute atomic E-state index is 0.0911. The van der Waals surface area contributed by atoms with Crippen molar-refractivity contribution in [2.24, 2.45) is 0 Å². The van der Waals surface area contributed by atoms with E-state index < -0.39 is 23.1 Å². The molecule has 0 amide bonds. The van der Waals surface area contributed by atoms with Gasteiger partial charge in [0.05, 0.1) is 16.8 Å². The van der Waals surface area contributed by atoms with Crippen LogP contribution in [-0.2, 0) is 6.18 Å². The Kier molecular flexibility index (Phi) is 4.25. The maximum Gasteiger partial charge on any atom is 0.433 e. The molecule has 0 saturated heterocycles. The molecule has 0 bridgehead atoms. The second-order valence-electron chi connectivity index (χ2n) is 8.26. The zero-order valence-electron chi connectivity index (χ0n) is 17.3. The summed E-state index contributed by atoms with van der Waals surface area (Å²) in [6.45, 7) is 0. The summed E-state index contributed by atoms with van der Waals surface area (Å²) < 4.78 is 40.5. The first kappa shape index (κ1) is 20.3. The summed E-state index contributed by atoms with van der Waals surface area (Å²) in [7, 11) is 0. The molecule has 1 saturated carbocycles. The number of pyridine rings is 1. The number of nitrogens with one attached hydrogen (secondary N) is 2. The molecule has 1 aliphatic rings. The van der Waals surface area contributed by atoms with Gasteiger partial charge in [-0.15, -0.1) is 0 Å². The molecular weight excluding hydrogens is 449 g/mol. The molecule has 1 fully saturated rings. The van der Waals surface area contributed by atoms with E-state index in [1.165, 1.54) is 12.3 Å². The summed E-state index contributed by atoms with van der Waals surface area (Å²) in [5.74, 6) is 0.227. The van der Waals surface area contributed by atoms with Gasteiger partial charge in [0.15, 0.2) is 5.65 Å². The molecule has 34 heavy (non-hydrogen) atoms. The lowest BCUT2D eigenvalue weighted by Gasteiger charge is -2.09. The Morgan fingerprint density at radius 1 is 1.06 bits per heavy atom. The highest BCUT2D eigenvalue weighted by molar-refractivity contribution is 5.80. The van der Waals surface area contributed by atoms with Crippen LogP contribution in [0.4, 0.5) is 13.2 Å². The first-order valence-corrected chi connectivity index (χ1v) is 10.4. The number of aromatic amines is 2. The molecule has 0 radical (unpaired) electrons. The van der Waals surface area contributed by atoms with Crippen LogP contribution in [0.1, 0.15) is 35.1 Å². The number of halogens is 3. The Morgan fingerprint density at radius 2 is 1.91 bits per heavy atom. The van der Waals surface area contributed by atoms with Crippen molar-refractivity contribution in [2.75, 3.05) is 0 Å². The highest BCUT2D eigenvalue weighted by Crippen LogP contribution is 2.56. The van der Waals surface area contributed by atoms with Gasteiger partial charge >= 0.3 is 11.9 Å². The van der Waals surface area contributed by atoms with Gasteiger partial charge in [0.2, 0.25) is 0 Å². The number of aromatic nitrogens is 6. The highest BCUT2D eigenvalue weighted by atomic mass is 19.4. The molecule has 170 valence electrons. The minimum Gasteiger partial charge on any atom is -0.313 e. The lowest BCUT2D eigenvalue weighted by atomic mass is 10.0. The van der Waals surface area contributed by atoms with Crippen LogP contribution in [0.15, 0.2) is 64.6 Å². The van der Waals surface area contributed by atoms with Gasteiger partial charge in [-0.25, -0.2) is 19.3 Å². The second-order valence-corrected chi connectivity index (χ2v) is 8.26. The lowest BCUT2D eigenvalue weighted by molar-refractivity contribution is -0.140. The molecule has 4 aromatic heterocycles. The van der Waals surface area contributed by atoms with Crippen molar-refractivity contribution in [2.45, 2.75) is 24.4 Å². The molecular formula is C23H15F3N6O2. The number of alkyl halides is 3. The Hall–Kier alpha value is -4.28. The van der Waals surface area contributed by atoms with Crippen LogP contribution in [0.25, 0.3) is 27.8 Å². The van der Waals surface area contributed by atoms with Crippen molar-refractivity contribution in [1.82, 2.24) is 29.5 Å². The van der Waals surface area contributed by atoms with Crippen molar-refractivity contribution in [1.29, 1.82) is 0 Å². The fraction of sp³-hybridized carbons (Fsp3) is 0.174. The molecule has 1 aromatic carbocycles. The number of benzene rings is 1. The van der Waals surface area contributed by atoms with E-state index >= 15 is 0 Å². The normalized spacial score (nSPS) is 18.0. The number of hydrogen-bond acceptors (Lipinski definition) is 5. The highest BCUT2D eigenvalue weighted by Gasteiger charge is 2.41. The number of rotatable bonds is 3. The van der Waals surface area contributed by atoms with Gasteiger partial charge in [0.25, 0.3) is 5.56 Å². The smallest absolute Gasteiger partial charge is 0.313 e. The summed E-state index contributed by atoms with van der Waals surface area (Å²) in [6, 6.07) is 9.50. The Balaban J connectivity index is 1.38. The van der Waals surface area contributed by atoms with E-state index in [-0.39, 0.29) is 22.9 Å². The fourth-order valence-electron chi connectivity index (χ4n) is 4.39. The van der Waals surface area contributed by atoms with Crippen LogP contribution in [0.2, 0.25) is 0 Å². The van der Waals surface area contributed by atoms with Gasteiger partial charge in [-0.3, -0.25) is 9.78 Å². The van der Waals surface area contributed by atoms with E-state index in [9.17, 15) is 22.8 Å². The molecule has 0 aliphatic heterocycles. The van der Waals surface area contributed by atoms with Gasteiger partial charge in [-0.2, -0.15) is 18.3 Å².